The molecule has 1 aromatic rings. The lowest BCUT2D eigenvalue weighted by molar-refractivity contribution is -0.125. The van der Waals surface area contributed by atoms with Gasteiger partial charge in [-0.25, -0.2) is 4.79 Å². The van der Waals surface area contributed by atoms with Gasteiger partial charge in [-0.05, 0) is 44.3 Å². The lowest BCUT2D eigenvalue weighted by Crippen LogP contribution is -2.46. The topological polar surface area (TPSA) is 69.7 Å². The molecule has 1 aliphatic rings. The lowest BCUT2D eigenvalue weighted by atomic mass is 10.0. The molecule has 2 rings (SSSR count). The Morgan fingerprint density at radius 2 is 2.12 bits per heavy atom. The van der Waals surface area contributed by atoms with E-state index in [4.69, 9.17) is 0 Å². The Kier molecular flexibility index (Phi) is 6.93. The van der Waals surface area contributed by atoms with Crippen molar-refractivity contribution in [2.45, 2.75) is 20.3 Å². The smallest absolute Gasteiger partial charge is 0.264 e. The second kappa shape index (κ2) is 8.94. The van der Waals surface area contributed by atoms with E-state index in [1.165, 1.54) is 11.3 Å². The van der Waals surface area contributed by atoms with E-state index in [0.29, 0.717) is 31.6 Å². The largest absolute Gasteiger partial charge is 0.351 e. The molecule has 1 fully saturated rings. The van der Waals surface area contributed by atoms with Crippen molar-refractivity contribution < 1.29 is 14.4 Å². The second-order valence-electron chi connectivity index (χ2n) is 6.57. The number of rotatable bonds is 4. The van der Waals surface area contributed by atoms with Crippen molar-refractivity contribution in [3.8, 4) is 0 Å². The minimum atomic E-state index is -0.204. The van der Waals surface area contributed by atoms with Crippen LogP contribution in [0.25, 0.3) is 0 Å². The Balaban J connectivity index is 2.02. The van der Waals surface area contributed by atoms with Crippen molar-refractivity contribution >= 4 is 29.1 Å². The maximum atomic E-state index is 12.8. The molecule has 0 saturated carbocycles. The van der Waals surface area contributed by atoms with Gasteiger partial charge in [-0.1, -0.05) is 0 Å². The average molecular weight is 363 g/mol. The number of hydrogen-bond donors (Lipinski definition) is 1. The van der Waals surface area contributed by atoms with Crippen molar-refractivity contribution in [3.63, 3.8) is 0 Å². The maximum Gasteiger partial charge on any atom is 0.264 e. The second-order valence-corrected chi connectivity index (χ2v) is 7.49. The molecule has 0 bridgehead atoms. The third kappa shape index (κ3) is 5.26. The molecular weight excluding hydrogens is 338 g/mol. The van der Waals surface area contributed by atoms with Gasteiger partial charge in [0.25, 0.3) is 5.91 Å². The molecule has 0 aromatic carbocycles. The molecule has 1 aromatic heterocycles. The van der Waals surface area contributed by atoms with Crippen LogP contribution in [0.5, 0.6) is 0 Å². The highest BCUT2D eigenvalue weighted by Gasteiger charge is 2.27. The summed E-state index contributed by atoms with van der Waals surface area (Å²) < 4.78 is 0. The maximum absolute atomic E-state index is 12.8. The third-order valence-electron chi connectivity index (χ3n) is 4.45. The summed E-state index contributed by atoms with van der Waals surface area (Å²) in [7, 11) is 1.96. The van der Waals surface area contributed by atoms with E-state index in [1.807, 2.05) is 30.3 Å². The molecule has 0 aliphatic carbocycles. The number of thiophene rings is 1. The van der Waals surface area contributed by atoms with E-state index >= 15 is 0 Å². The molecule has 1 aliphatic heterocycles. The minimum Gasteiger partial charge on any atom is -0.351 e. The first-order valence-corrected chi connectivity index (χ1v) is 9.30. The Labute approximate surface area is 152 Å². The highest BCUT2D eigenvalue weighted by Crippen LogP contribution is 2.20. The summed E-state index contributed by atoms with van der Waals surface area (Å²) in [6.45, 7) is 6.40. The number of aryl methyl sites for hydroxylation is 1. The van der Waals surface area contributed by atoms with Gasteiger partial charge in [-0.15, -0.1) is 11.3 Å². The molecule has 2 amide bonds. The number of nitrogens with one attached hydrogen (secondary N) is 1. The van der Waals surface area contributed by atoms with Gasteiger partial charge in [0, 0.05) is 38.3 Å². The number of nitrogens with zero attached hydrogens (tertiary/aromatic N) is 2. The first-order chi connectivity index (χ1) is 11.9. The molecule has 0 spiro atoms. The van der Waals surface area contributed by atoms with E-state index in [9.17, 15) is 14.4 Å². The average Bonchev–Trinajstić information content (AvgIpc) is 3.01. The molecule has 0 radical (unpaired) electrons. The zero-order chi connectivity index (χ0) is 18.4. The van der Waals surface area contributed by atoms with Crippen LogP contribution in [-0.4, -0.2) is 67.3 Å². The van der Waals surface area contributed by atoms with Gasteiger partial charge in [0.2, 0.25) is 5.91 Å². The van der Waals surface area contributed by atoms with Gasteiger partial charge in [-0.2, -0.15) is 0 Å². The summed E-state index contributed by atoms with van der Waals surface area (Å²) in [5.74, 6) is 1.55. The molecule has 1 N–H and O–H groups in total. The van der Waals surface area contributed by atoms with E-state index in [2.05, 4.69) is 10.2 Å². The monoisotopic (exact) mass is 363 g/mol. The van der Waals surface area contributed by atoms with E-state index in [-0.39, 0.29) is 24.3 Å². The number of carbonyl (C=O) groups excluding carboxylic acids is 3. The Morgan fingerprint density at radius 1 is 1.36 bits per heavy atom. The highest BCUT2D eigenvalue weighted by molar-refractivity contribution is 7.12. The first-order valence-electron chi connectivity index (χ1n) is 8.42. The van der Waals surface area contributed by atoms with Crippen molar-refractivity contribution in [1.29, 1.82) is 0 Å². The molecular formula is C18H25N3O3S. The van der Waals surface area contributed by atoms with Crippen LogP contribution in [0.3, 0.4) is 0 Å². The normalized spacial score (nSPS) is 18.8. The fourth-order valence-electron chi connectivity index (χ4n) is 2.83. The summed E-state index contributed by atoms with van der Waals surface area (Å²) in [5.41, 5.74) is 1.47. The van der Waals surface area contributed by atoms with Crippen LogP contribution in [0.4, 0.5) is 0 Å². The molecule has 2 heterocycles. The van der Waals surface area contributed by atoms with E-state index in [1.54, 1.807) is 12.9 Å². The quantitative estimate of drug-likeness (QED) is 0.820. The molecule has 25 heavy (non-hydrogen) atoms. The van der Waals surface area contributed by atoms with Crippen LogP contribution >= 0.6 is 11.3 Å². The summed E-state index contributed by atoms with van der Waals surface area (Å²) >= 11 is 1.46. The van der Waals surface area contributed by atoms with Gasteiger partial charge in [0.15, 0.2) is 0 Å². The Morgan fingerprint density at radius 3 is 2.76 bits per heavy atom. The van der Waals surface area contributed by atoms with Crippen LogP contribution in [0, 0.1) is 12.8 Å². The highest BCUT2D eigenvalue weighted by atomic mass is 32.1. The Hall–Kier alpha value is -1.95. The fraction of sp³-hybridized carbons (Fsp3) is 0.556. The van der Waals surface area contributed by atoms with E-state index < -0.39 is 0 Å². The summed E-state index contributed by atoms with van der Waals surface area (Å²) in [6, 6.07) is 1.95. The molecule has 1 atom stereocenters. The molecule has 7 heteroatoms. The van der Waals surface area contributed by atoms with Crippen molar-refractivity contribution in [2.75, 3.05) is 39.8 Å². The zero-order valence-corrected chi connectivity index (χ0v) is 15.8. The molecule has 6 nitrogen and oxygen atoms in total. The van der Waals surface area contributed by atoms with Gasteiger partial charge < -0.3 is 15.1 Å². The number of hydrogen-bond acceptors (Lipinski definition) is 5. The standard InChI is InChI=1S/C18H25N3O3S/c1-13(12-22)10-19-17(23)15-4-6-21(8-7-20(3)11-15)18(24)16-14(2)5-9-25-16/h5,9,15H,4,6-8,10-11H2,1-3H3,(H,19,23). The molecule has 1 unspecified atom stereocenters. The Bertz CT molecular complexity index is 679. The first kappa shape index (κ1) is 19.4. The van der Waals surface area contributed by atoms with Crippen LogP contribution in [0.1, 0.15) is 28.6 Å². The lowest BCUT2D eigenvalue weighted by Gasteiger charge is -2.32. The van der Waals surface area contributed by atoms with Crippen molar-refractivity contribution in [3.05, 3.63) is 27.5 Å². The van der Waals surface area contributed by atoms with Crippen LogP contribution in [0.15, 0.2) is 17.0 Å². The van der Waals surface area contributed by atoms with Crippen LogP contribution in [-0.2, 0) is 9.59 Å². The SMILES string of the molecule is CC(=C=O)CNC(=O)C1CCN(C(=O)c2sccc2C)CCN(C)C1. The van der Waals surface area contributed by atoms with Gasteiger partial charge >= 0.3 is 0 Å². The molecule has 1 saturated heterocycles. The number of amides is 2. The van der Waals surface area contributed by atoms with Gasteiger partial charge in [0.05, 0.1) is 10.8 Å². The summed E-state index contributed by atoms with van der Waals surface area (Å²) in [4.78, 5) is 40.4. The minimum absolute atomic E-state index is 0.0432. The number of carbonyl (C=O) groups is 2. The van der Waals surface area contributed by atoms with Gasteiger partial charge in [-0.3, -0.25) is 9.59 Å². The summed E-state index contributed by atoms with van der Waals surface area (Å²) in [6.07, 6.45) is 0.607. The zero-order valence-electron chi connectivity index (χ0n) is 15.0. The van der Waals surface area contributed by atoms with Crippen LogP contribution in [0.2, 0.25) is 0 Å². The fourth-order valence-corrected chi connectivity index (χ4v) is 3.72. The third-order valence-corrected chi connectivity index (χ3v) is 5.45. The molecule has 136 valence electrons. The van der Waals surface area contributed by atoms with Gasteiger partial charge in [0.1, 0.15) is 5.94 Å². The summed E-state index contributed by atoms with van der Waals surface area (Å²) in [5, 5.41) is 4.71. The van der Waals surface area contributed by atoms with E-state index in [0.717, 1.165) is 17.0 Å². The predicted octanol–water partition coefficient (Wildman–Crippen LogP) is 1.34. The van der Waals surface area contributed by atoms with Crippen LogP contribution < -0.4 is 5.32 Å². The van der Waals surface area contributed by atoms with Crippen molar-refractivity contribution in [2.24, 2.45) is 5.92 Å². The van der Waals surface area contributed by atoms with Crippen molar-refractivity contribution in [1.82, 2.24) is 15.1 Å². The number of likely N-dealkylation sites (N-methyl/N-ethyl adjacent to an activating group) is 1. The predicted molar refractivity (Wildman–Crippen MR) is 98.5 cm³/mol.